The van der Waals surface area contributed by atoms with E-state index in [0.29, 0.717) is 0 Å². The molecule has 0 bridgehead atoms. The van der Waals surface area contributed by atoms with Crippen molar-refractivity contribution in [1.29, 1.82) is 0 Å². The third-order valence-corrected chi connectivity index (χ3v) is 2.81. The van der Waals surface area contributed by atoms with E-state index in [1.807, 2.05) is 25.6 Å². The number of rotatable bonds is 4. The van der Waals surface area contributed by atoms with E-state index < -0.39 is 0 Å². The van der Waals surface area contributed by atoms with Gasteiger partial charge in [-0.25, -0.2) is 0 Å². The number of hydrogen-bond donors (Lipinski definition) is 2. The molecule has 0 radical (unpaired) electrons. The first-order valence-electron chi connectivity index (χ1n) is 5.34. The van der Waals surface area contributed by atoms with Gasteiger partial charge in [-0.15, -0.1) is 0 Å². The van der Waals surface area contributed by atoms with Crippen LogP contribution in [0.1, 0.15) is 36.8 Å². The lowest BCUT2D eigenvalue weighted by molar-refractivity contribution is 0.243. The first-order chi connectivity index (χ1) is 6.97. The second-order valence-electron chi connectivity index (χ2n) is 4.18. The molecule has 4 heteroatoms. The van der Waals surface area contributed by atoms with Gasteiger partial charge >= 0.3 is 0 Å². The van der Waals surface area contributed by atoms with Crippen molar-refractivity contribution in [1.82, 2.24) is 15.1 Å². The maximum Gasteiger partial charge on any atom is 0.0644 e. The number of aliphatic hydroxyl groups excluding tert-OH is 1. The van der Waals surface area contributed by atoms with Crippen molar-refractivity contribution < 1.29 is 5.11 Å². The van der Waals surface area contributed by atoms with Crippen LogP contribution in [0.5, 0.6) is 0 Å². The predicted octanol–water partition coefficient (Wildman–Crippen LogP) is 1.07. The molecule has 0 aliphatic rings. The lowest BCUT2D eigenvalue weighted by Crippen LogP contribution is -2.32. The molecule has 4 nitrogen and oxygen atoms in total. The molecule has 1 heterocycles. The van der Waals surface area contributed by atoms with Crippen molar-refractivity contribution in [3.63, 3.8) is 0 Å². The predicted molar refractivity (Wildman–Crippen MR) is 60.8 cm³/mol. The minimum Gasteiger partial charge on any atom is -0.395 e. The second-order valence-corrected chi connectivity index (χ2v) is 4.18. The van der Waals surface area contributed by atoms with Gasteiger partial charge in [-0.1, -0.05) is 0 Å². The summed E-state index contributed by atoms with van der Waals surface area (Å²) >= 11 is 0. The van der Waals surface area contributed by atoms with E-state index >= 15 is 0 Å². The smallest absolute Gasteiger partial charge is 0.0644 e. The highest BCUT2D eigenvalue weighted by Gasteiger charge is 2.17. The summed E-state index contributed by atoms with van der Waals surface area (Å²) in [5, 5.41) is 16.7. The van der Waals surface area contributed by atoms with Crippen LogP contribution in [-0.2, 0) is 7.05 Å². The third kappa shape index (κ3) is 2.58. The number of nitrogens with zero attached hydrogens (tertiary/aromatic N) is 2. The van der Waals surface area contributed by atoms with Crippen LogP contribution in [0.3, 0.4) is 0 Å². The first-order valence-corrected chi connectivity index (χ1v) is 5.34. The molecule has 0 saturated heterocycles. The van der Waals surface area contributed by atoms with Crippen LogP contribution in [0.25, 0.3) is 0 Å². The highest BCUT2D eigenvalue weighted by atomic mass is 16.3. The standard InChI is InChI=1S/C11H21N3O/c1-7(6-15)12-8(2)11-9(3)13-14(5)10(11)4/h7-8,12,15H,6H2,1-5H3/t7-,8?/m0/s1. The fourth-order valence-corrected chi connectivity index (χ4v) is 1.98. The average molecular weight is 211 g/mol. The lowest BCUT2D eigenvalue weighted by atomic mass is 10.1. The zero-order valence-electron chi connectivity index (χ0n) is 10.2. The maximum atomic E-state index is 8.99. The SMILES string of the molecule is Cc1nn(C)c(C)c1C(C)N[C@@H](C)CO. The topological polar surface area (TPSA) is 50.1 Å². The van der Waals surface area contributed by atoms with Crippen LogP contribution in [-0.4, -0.2) is 27.5 Å². The highest BCUT2D eigenvalue weighted by molar-refractivity contribution is 5.27. The summed E-state index contributed by atoms with van der Waals surface area (Å²) in [5.41, 5.74) is 3.47. The first kappa shape index (κ1) is 12.2. The van der Waals surface area contributed by atoms with Crippen molar-refractivity contribution in [2.45, 2.75) is 39.8 Å². The van der Waals surface area contributed by atoms with E-state index in [1.165, 1.54) is 11.3 Å². The normalized spacial score (nSPS) is 15.3. The maximum absolute atomic E-state index is 8.99. The van der Waals surface area contributed by atoms with Crippen LogP contribution in [0.4, 0.5) is 0 Å². The van der Waals surface area contributed by atoms with Crippen molar-refractivity contribution in [3.05, 3.63) is 17.0 Å². The third-order valence-electron chi connectivity index (χ3n) is 2.81. The van der Waals surface area contributed by atoms with Gasteiger partial charge in [0.25, 0.3) is 0 Å². The van der Waals surface area contributed by atoms with Crippen molar-refractivity contribution >= 4 is 0 Å². The van der Waals surface area contributed by atoms with Crippen molar-refractivity contribution in [2.24, 2.45) is 7.05 Å². The van der Waals surface area contributed by atoms with E-state index in [2.05, 4.69) is 24.3 Å². The molecule has 0 saturated carbocycles. The Kier molecular flexibility index (Phi) is 3.88. The Balaban J connectivity index is 2.86. The van der Waals surface area contributed by atoms with Gasteiger partial charge in [-0.3, -0.25) is 4.68 Å². The van der Waals surface area contributed by atoms with Gasteiger partial charge in [0.2, 0.25) is 0 Å². The van der Waals surface area contributed by atoms with E-state index in [9.17, 15) is 0 Å². The van der Waals surface area contributed by atoms with Gasteiger partial charge in [-0.05, 0) is 27.7 Å². The second kappa shape index (κ2) is 4.77. The Morgan fingerprint density at radius 1 is 1.40 bits per heavy atom. The molecule has 0 aromatic carbocycles. The van der Waals surface area contributed by atoms with Crippen LogP contribution >= 0.6 is 0 Å². The zero-order chi connectivity index (χ0) is 11.6. The molecule has 2 N–H and O–H groups in total. The summed E-state index contributed by atoms with van der Waals surface area (Å²) in [7, 11) is 1.95. The molecular weight excluding hydrogens is 190 g/mol. The van der Waals surface area contributed by atoms with Crippen LogP contribution in [0, 0.1) is 13.8 Å². The van der Waals surface area contributed by atoms with Crippen molar-refractivity contribution in [3.8, 4) is 0 Å². The van der Waals surface area contributed by atoms with Crippen LogP contribution in [0.15, 0.2) is 0 Å². The molecule has 1 rings (SSSR count). The molecule has 1 unspecified atom stereocenters. The molecule has 15 heavy (non-hydrogen) atoms. The molecular formula is C11H21N3O. The van der Waals surface area contributed by atoms with Gasteiger partial charge in [0, 0.05) is 30.4 Å². The summed E-state index contributed by atoms with van der Waals surface area (Å²) in [4.78, 5) is 0. The van der Waals surface area contributed by atoms with Gasteiger partial charge in [0.05, 0.1) is 12.3 Å². The fraction of sp³-hybridized carbons (Fsp3) is 0.727. The van der Waals surface area contributed by atoms with Crippen molar-refractivity contribution in [2.75, 3.05) is 6.61 Å². The number of nitrogens with one attached hydrogen (secondary N) is 1. The van der Waals surface area contributed by atoms with Gasteiger partial charge in [-0.2, -0.15) is 5.10 Å². The summed E-state index contributed by atoms with van der Waals surface area (Å²) in [6.45, 7) is 8.31. The largest absolute Gasteiger partial charge is 0.395 e. The molecule has 86 valence electrons. The van der Waals surface area contributed by atoms with Gasteiger partial charge in [0.15, 0.2) is 0 Å². The minimum atomic E-state index is 0.110. The average Bonchev–Trinajstić information content (AvgIpc) is 2.41. The quantitative estimate of drug-likeness (QED) is 0.783. The molecule has 1 aromatic heterocycles. The molecule has 0 aliphatic heterocycles. The molecule has 0 aliphatic carbocycles. The van der Waals surface area contributed by atoms with Crippen LogP contribution < -0.4 is 5.32 Å². The Labute approximate surface area is 91.3 Å². The van der Waals surface area contributed by atoms with Crippen LogP contribution in [0.2, 0.25) is 0 Å². The lowest BCUT2D eigenvalue weighted by Gasteiger charge is -2.18. The monoisotopic (exact) mass is 211 g/mol. The Hall–Kier alpha value is -0.870. The minimum absolute atomic E-state index is 0.110. The highest BCUT2D eigenvalue weighted by Crippen LogP contribution is 2.20. The number of aryl methyl sites for hydroxylation is 2. The number of hydrogen-bond acceptors (Lipinski definition) is 3. The molecule has 1 aromatic rings. The zero-order valence-corrected chi connectivity index (χ0v) is 10.2. The Morgan fingerprint density at radius 3 is 2.40 bits per heavy atom. The van der Waals surface area contributed by atoms with E-state index in [0.717, 1.165) is 5.69 Å². The molecule has 0 amide bonds. The Bertz CT molecular complexity index is 333. The number of aromatic nitrogens is 2. The summed E-state index contributed by atoms with van der Waals surface area (Å²) < 4.78 is 1.90. The fourth-order valence-electron chi connectivity index (χ4n) is 1.98. The Morgan fingerprint density at radius 2 is 2.00 bits per heavy atom. The summed E-state index contributed by atoms with van der Waals surface area (Å²) in [6.07, 6.45) is 0. The molecule has 2 atom stereocenters. The van der Waals surface area contributed by atoms with Gasteiger partial charge in [0.1, 0.15) is 0 Å². The number of aliphatic hydroxyl groups is 1. The summed E-state index contributed by atoms with van der Waals surface area (Å²) in [6, 6.07) is 0.333. The molecule has 0 spiro atoms. The molecule has 0 fully saturated rings. The van der Waals surface area contributed by atoms with E-state index in [-0.39, 0.29) is 18.7 Å². The van der Waals surface area contributed by atoms with E-state index in [4.69, 9.17) is 5.11 Å². The van der Waals surface area contributed by atoms with E-state index in [1.54, 1.807) is 0 Å². The van der Waals surface area contributed by atoms with Gasteiger partial charge < -0.3 is 10.4 Å². The summed E-state index contributed by atoms with van der Waals surface area (Å²) in [5.74, 6) is 0.